The molecule has 0 aliphatic carbocycles. The van der Waals surface area contributed by atoms with Crippen LogP contribution in [0.2, 0.25) is 0 Å². The van der Waals surface area contributed by atoms with Crippen LogP contribution in [0.5, 0.6) is 0 Å². The van der Waals surface area contributed by atoms with Crippen molar-refractivity contribution in [2.45, 2.75) is 12.6 Å². The molecule has 124 valence electrons. The van der Waals surface area contributed by atoms with Crippen molar-refractivity contribution in [2.24, 2.45) is 0 Å². The Kier molecular flexibility index (Phi) is 3.73. The smallest absolute Gasteiger partial charge is 0.250 e. The van der Waals surface area contributed by atoms with E-state index in [-0.39, 0.29) is 5.56 Å². The van der Waals surface area contributed by atoms with Crippen molar-refractivity contribution in [3.05, 3.63) is 53.2 Å². The third kappa shape index (κ3) is 2.76. The Morgan fingerprint density at radius 1 is 1.25 bits per heavy atom. The lowest BCUT2D eigenvalue weighted by Crippen LogP contribution is -2.59. The highest BCUT2D eigenvalue weighted by Crippen LogP contribution is 2.21. The lowest BCUT2D eigenvalue weighted by atomic mass is 10.1. The lowest BCUT2D eigenvalue weighted by molar-refractivity contribution is 0.197. The summed E-state index contributed by atoms with van der Waals surface area (Å²) in [7, 11) is 2.10. The highest BCUT2D eigenvalue weighted by molar-refractivity contribution is 5.47. The average Bonchev–Trinajstić information content (AvgIpc) is 3.00. The van der Waals surface area contributed by atoms with Crippen molar-refractivity contribution >= 4 is 11.5 Å². The quantitative estimate of drug-likeness (QED) is 0.663. The molecule has 0 aromatic carbocycles. The van der Waals surface area contributed by atoms with Gasteiger partial charge < -0.3 is 9.47 Å². The van der Waals surface area contributed by atoms with E-state index in [1.54, 1.807) is 27.5 Å². The molecule has 3 aromatic rings. The Morgan fingerprint density at radius 2 is 2.12 bits per heavy atom. The molecule has 4 heterocycles. The topological polar surface area (TPSA) is 71.6 Å². The van der Waals surface area contributed by atoms with Crippen molar-refractivity contribution in [3.8, 4) is 0 Å². The Balaban J connectivity index is 1.33. The van der Waals surface area contributed by atoms with E-state index in [1.807, 2.05) is 24.4 Å². The largest absolute Gasteiger partial charge is 0.352 e. The molecule has 24 heavy (non-hydrogen) atoms. The predicted octanol–water partition coefficient (Wildman–Crippen LogP) is 0.107. The zero-order chi connectivity index (χ0) is 16.5. The molecular weight excluding hydrogens is 306 g/mol. The van der Waals surface area contributed by atoms with Gasteiger partial charge in [-0.15, -0.1) is 15.3 Å². The zero-order valence-electron chi connectivity index (χ0n) is 13.5. The van der Waals surface area contributed by atoms with Crippen molar-refractivity contribution in [2.75, 3.05) is 31.6 Å². The van der Waals surface area contributed by atoms with E-state index in [0.717, 1.165) is 31.1 Å². The third-order valence-corrected chi connectivity index (χ3v) is 4.55. The molecule has 0 N–H and O–H groups in total. The number of hydrogen-bond acceptors (Lipinski definition) is 6. The van der Waals surface area contributed by atoms with Crippen LogP contribution >= 0.6 is 0 Å². The molecule has 0 unspecified atom stereocenters. The van der Waals surface area contributed by atoms with Crippen LogP contribution < -0.4 is 10.5 Å². The van der Waals surface area contributed by atoms with Crippen molar-refractivity contribution < 1.29 is 0 Å². The molecule has 1 aliphatic rings. The SMILES string of the molecule is CN(CCn1ccccc1=O)C1CN(c2ccc3nncn3n2)C1. The average molecular weight is 325 g/mol. The highest BCUT2D eigenvalue weighted by Gasteiger charge is 2.30. The number of likely N-dealkylation sites (N-methyl/N-ethyl adjacent to an activating group) is 1. The number of anilines is 1. The maximum Gasteiger partial charge on any atom is 0.250 e. The molecule has 8 nitrogen and oxygen atoms in total. The summed E-state index contributed by atoms with van der Waals surface area (Å²) in [6, 6.07) is 9.63. The van der Waals surface area contributed by atoms with E-state index in [4.69, 9.17) is 0 Å². The minimum Gasteiger partial charge on any atom is -0.352 e. The number of pyridine rings is 1. The first-order valence-corrected chi connectivity index (χ1v) is 7.98. The van der Waals surface area contributed by atoms with Gasteiger partial charge in [0.1, 0.15) is 12.1 Å². The van der Waals surface area contributed by atoms with Crippen molar-refractivity contribution in [3.63, 3.8) is 0 Å². The van der Waals surface area contributed by atoms with E-state index in [9.17, 15) is 4.79 Å². The molecule has 0 radical (unpaired) electrons. The van der Waals surface area contributed by atoms with E-state index in [1.165, 1.54) is 0 Å². The van der Waals surface area contributed by atoms with E-state index in [2.05, 4.69) is 32.1 Å². The zero-order valence-corrected chi connectivity index (χ0v) is 13.5. The molecule has 0 atom stereocenters. The fraction of sp³-hybridized carbons (Fsp3) is 0.375. The van der Waals surface area contributed by atoms with E-state index in [0.29, 0.717) is 12.6 Å². The number of aromatic nitrogens is 5. The summed E-state index contributed by atoms with van der Waals surface area (Å²) in [6.45, 7) is 3.42. The first kappa shape index (κ1) is 14.8. The fourth-order valence-corrected chi connectivity index (χ4v) is 2.90. The monoisotopic (exact) mass is 325 g/mol. The molecular formula is C16H19N7O. The van der Waals surface area contributed by atoms with Gasteiger partial charge in [-0.25, -0.2) is 0 Å². The Labute approximate surface area is 138 Å². The maximum atomic E-state index is 11.7. The Hall–Kier alpha value is -2.74. The predicted molar refractivity (Wildman–Crippen MR) is 90.1 cm³/mol. The minimum atomic E-state index is 0.0487. The van der Waals surface area contributed by atoms with Gasteiger partial charge in [-0.05, 0) is 25.2 Å². The normalized spacial score (nSPS) is 15.2. The third-order valence-electron chi connectivity index (χ3n) is 4.55. The Morgan fingerprint density at radius 3 is 2.96 bits per heavy atom. The Bertz CT molecular complexity index is 896. The van der Waals surface area contributed by atoms with Crippen LogP contribution in [0.25, 0.3) is 5.65 Å². The standard InChI is InChI=1S/C16H19N7O/c1-20(8-9-21-7-3-2-4-16(21)24)13-10-22(11-13)15-6-5-14-18-17-12-23(14)19-15/h2-7,12-13H,8-11H2,1H3. The molecule has 1 aliphatic heterocycles. The molecule has 1 fully saturated rings. The number of fused-ring (bicyclic) bond motifs is 1. The van der Waals surface area contributed by atoms with Crippen LogP contribution in [-0.2, 0) is 6.54 Å². The first-order valence-electron chi connectivity index (χ1n) is 7.98. The molecule has 4 rings (SSSR count). The van der Waals surface area contributed by atoms with E-state index < -0.39 is 0 Å². The van der Waals surface area contributed by atoms with Gasteiger partial charge in [-0.1, -0.05) is 6.07 Å². The summed E-state index contributed by atoms with van der Waals surface area (Å²) in [5.74, 6) is 0.936. The molecule has 0 bridgehead atoms. The first-order chi connectivity index (χ1) is 11.7. The van der Waals surface area contributed by atoms with Gasteiger partial charge in [0.15, 0.2) is 5.65 Å². The minimum absolute atomic E-state index is 0.0487. The summed E-state index contributed by atoms with van der Waals surface area (Å²) in [5, 5.41) is 12.3. The second kappa shape index (κ2) is 6.04. The summed E-state index contributed by atoms with van der Waals surface area (Å²) in [6.07, 6.45) is 3.45. The van der Waals surface area contributed by atoms with Crippen LogP contribution in [0.4, 0.5) is 5.82 Å². The molecule has 1 saturated heterocycles. The van der Waals surface area contributed by atoms with Crippen LogP contribution in [0.3, 0.4) is 0 Å². The number of rotatable bonds is 5. The van der Waals surface area contributed by atoms with Crippen molar-refractivity contribution in [1.82, 2.24) is 29.3 Å². The molecule has 3 aromatic heterocycles. The molecule has 0 amide bonds. The highest BCUT2D eigenvalue weighted by atomic mass is 16.1. The van der Waals surface area contributed by atoms with Crippen LogP contribution in [-0.4, -0.2) is 62.0 Å². The molecule has 0 saturated carbocycles. The van der Waals surface area contributed by atoms with Crippen LogP contribution in [0.15, 0.2) is 47.7 Å². The van der Waals surface area contributed by atoms with Crippen molar-refractivity contribution in [1.29, 1.82) is 0 Å². The van der Waals surface area contributed by atoms with E-state index >= 15 is 0 Å². The summed E-state index contributed by atoms with van der Waals surface area (Å²) < 4.78 is 3.43. The van der Waals surface area contributed by atoms with Gasteiger partial charge in [-0.2, -0.15) is 4.52 Å². The summed E-state index contributed by atoms with van der Waals surface area (Å²) in [4.78, 5) is 16.3. The second-order valence-electron chi connectivity index (χ2n) is 6.10. The van der Waals surface area contributed by atoms with Gasteiger partial charge in [-0.3, -0.25) is 9.69 Å². The van der Waals surface area contributed by atoms with Gasteiger partial charge in [0.25, 0.3) is 5.56 Å². The summed E-state index contributed by atoms with van der Waals surface area (Å²) >= 11 is 0. The molecule has 8 heteroatoms. The van der Waals surface area contributed by atoms with Gasteiger partial charge >= 0.3 is 0 Å². The second-order valence-corrected chi connectivity index (χ2v) is 6.10. The lowest BCUT2D eigenvalue weighted by Gasteiger charge is -2.44. The van der Waals surface area contributed by atoms with Gasteiger partial charge in [0, 0.05) is 44.5 Å². The fourth-order valence-electron chi connectivity index (χ4n) is 2.90. The summed E-state index contributed by atoms with van der Waals surface area (Å²) in [5.41, 5.74) is 0.800. The van der Waals surface area contributed by atoms with Crippen LogP contribution in [0.1, 0.15) is 0 Å². The number of hydrogen-bond donors (Lipinski definition) is 0. The number of nitrogens with zero attached hydrogens (tertiary/aromatic N) is 7. The molecule has 0 spiro atoms. The van der Waals surface area contributed by atoms with Gasteiger partial charge in [0.2, 0.25) is 0 Å². The van der Waals surface area contributed by atoms with Crippen LogP contribution in [0, 0.1) is 0 Å². The maximum absolute atomic E-state index is 11.7. The van der Waals surface area contributed by atoms with Gasteiger partial charge in [0.05, 0.1) is 0 Å².